The Bertz CT molecular complexity index is 407. The topological polar surface area (TPSA) is 23.5 Å². The molecule has 1 aliphatic rings. The summed E-state index contributed by atoms with van der Waals surface area (Å²) in [5.41, 5.74) is 0.957. The summed E-state index contributed by atoms with van der Waals surface area (Å²) in [4.78, 5) is 2.29. The Morgan fingerprint density at radius 3 is 2.68 bits per heavy atom. The summed E-state index contributed by atoms with van der Waals surface area (Å²) >= 11 is 3.48. The van der Waals surface area contributed by atoms with Crippen LogP contribution in [0.5, 0.6) is 0 Å². The van der Waals surface area contributed by atoms with E-state index in [9.17, 15) is 9.50 Å². The zero-order valence-corrected chi connectivity index (χ0v) is 12.7. The molecule has 1 N–H and O–H groups in total. The molecule has 0 spiro atoms. The van der Waals surface area contributed by atoms with E-state index in [2.05, 4.69) is 20.8 Å². The van der Waals surface area contributed by atoms with Crippen molar-refractivity contribution in [3.63, 3.8) is 0 Å². The van der Waals surface area contributed by atoms with Gasteiger partial charge >= 0.3 is 0 Å². The smallest absolute Gasteiger partial charge is 0.123 e. The van der Waals surface area contributed by atoms with E-state index in [1.165, 1.54) is 38.2 Å². The molecule has 0 aliphatic heterocycles. The Hall–Kier alpha value is -0.450. The lowest BCUT2D eigenvalue weighted by Gasteiger charge is -2.34. The third kappa shape index (κ3) is 4.26. The Morgan fingerprint density at radius 1 is 1.26 bits per heavy atom. The lowest BCUT2D eigenvalue weighted by molar-refractivity contribution is 0.117. The second-order valence-electron chi connectivity index (χ2n) is 5.22. The minimum absolute atomic E-state index is 0.156. The van der Waals surface area contributed by atoms with Gasteiger partial charge in [-0.2, -0.15) is 0 Å². The summed E-state index contributed by atoms with van der Waals surface area (Å²) in [6.45, 7) is 1.51. The van der Waals surface area contributed by atoms with Crippen LogP contribution in [0, 0.1) is 5.82 Å². The number of aliphatic hydroxyl groups excluding tert-OH is 1. The summed E-state index contributed by atoms with van der Waals surface area (Å²) in [5, 5.41) is 9.24. The molecule has 2 nitrogen and oxygen atoms in total. The first-order chi connectivity index (χ1) is 9.20. The Morgan fingerprint density at radius 2 is 2.00 bits per heavy atom. The molecule has 106 valence electrons. The van der Waals surface area contributed by atoms with Crippen molar-refractivity contribution in [2.75, 3.05) is 13.2 Å². The lowest BCUT2D eigenvalue weighted by atomic mass is 9.94. The van der Waals surface area contributed by atoms with Crippen LogP contribution in [0.3, 0.4) is 0 Å². The Labute approximate surface area is 122 Å². The highest BCUT2D eigenvalue weighted by molar-refractivity contribution is 9.10. The molecule has 1 aromatic rings. The van der Waals surface area contributed by atoms with Crippen molar-refractivity contribution >= 4 is 15.9 Å². The zero-order chi connectivity index (χ0) is 13.7. The maximum atomic E-state index is 13.3. The molecule has 0 heterocycles. The lowest BCUT2D eigenvalue weighted by Crippen LogP contribution is -2.38. The monoisotopic (exact) mass is 329 g/mol. The normalized spacial score (nSPS) is 17.1. The fraction of sp³-hybridized carbons (Fsp3) is 0.600. The van der Waals surface area contributed by atoms with Crippen molar-refractivity contribution in [2.24, 2.45) is 0 Å². The average molecular weight is 330 g/mol. The molecule has 0 saturated heterocycles. The molecule has 0 aromatic heterocycles. The highest BCUT2D eigenvalue weighted by Gasteiger charge is 2.21. The molecule has 4 heteroatoms. The summed E-state index contributed by atoms with van der Waals surface area (Å²) in [6, 6.07) is 5.32. The van der Waals surface area contributed by atoms with Crippen molar-refractivity contribution in [3.05, 3.63) is 34.1 Å². The van der Waals surface area contributed by atoms with Gasteiger partial charge < -0.3 is 5.11 Å². The Kier molecular flexibility index (Phi) is 5.79. The van der Waals surface area contributed by atoms with Crippen LogP contribution in [0.4, 0.5) is 4.39 Å². The van der Waals surface area contributed by atoms with Crippen LogP contribution in [0.2, 0.25) is 0 Å². The van der Waals surface area contributed by atoms with Crippen LogP contribution in [0.1, 0.15) is 37.7 Å². The van der Waals surface area contributed by atoms with Crippen LogP contribution >= 0.6 is 15.9 Å². The zero-order valence-electron chi connectivity index (χ0n) is 11.1. The fourth-order valence-electron chi connectivity index (χ4n) is 2.85. The highest BCUT2D eigenvalue weighted by Crippen LogP contribution is 2.26. The van der Waals surface area contributed by atoms with E-state index in [0.717, 1.165) is 10.0 Å². The van der Waals surface area contributed by atoms with Gasteiger partial charge in [-0.05, 0) is 36.6 Å². The number of hydrogen-bond donors (Lipinski definition) is 1. The van der Waals surface area contributed by atoms with Gasteiger partial charge in [0.05, 0.1) is 6.61 Å². The molecule has 0 radical (unpaired) electrons. The number of halogens is 2. The van der Waals surface area contributed by atoms with Crippen molar-refractivity contribution < 1.29 is 9.50 Å². The highest BCUT2D eigenvalue weighted by atomic mass is 79.9. The van der Waals surface area contributed by atoms with Gasteiger partial charge in [-0.3, -0.25) is 4.90 Å². The van der Waals surface area contributed by atoms with E-state index in [-0.39, 0.29) is 12.4 Å². The minimum Gasteiger partial charge on any atom is -0.395 e. The molecule has 1 saturated carbocycles. The molecule has 1 aromatic carbocycles. The predicted octanol–water partition coefficient (Wildman–Crippen LogP) is 3.72. The van der Waals surface area contributed by atoms with E-state index in [1.807, 2.05) is 0 Å². The maximum Gasteiger partial charge on any atom is 0.123 e. The average Bonchev–Trinajstić information content (AvgIpc) is 2.43. The first-order valence-electron chi connectivity index (χ1n) is 6.99. The van der Waals surface area contributed by atoms with Crippen LogP contribution in [0.25, 0.3) is 0 Å². The molecule has 0 atom stereocenters. The Balaban J connectivity index is 2.08. The molecule has 2 rings (SSSR count). The molecule has 0 amide bonds. The second kappa shape index (κ2) is 7.36. The largest absolute Gasteiger partial charge is 0.395 e. The molecular weight excluding hydrogens is 309 g/mol. The van der Waals surface area contributed by atoms with Gasteiger partial charge in [0.15, 0.2) is 0 Å². The molecule has 0 unspecified atom stereocenters. The van der Waals surface area contributed by atoms with Crippen molar-refractivity contribution in [2.45, 2.75) is 44.7 Å². The number of benzene rings is 1. The first-order valence-corrected chi connectivity index (χ1v) is 7.79. The van der Waals surface area contributed by atoms with Crippen molar-refractivity contribution in [3.8, 4) is 0 Å². The van der Waals surface area contributed by atoms with Gasteiger partial charge in [0.1, 0.15) is 5.82 Å². The minimum atomic E-state index is -0.203. The van der Waals surface area contributed by atoms with Gasteiger partial charge in [0.2, 0.25) is 0 Å². The van der Waals surface area contributed by atoms with Gasteiger partial charge in [-0.25, -0.2) is 4.39 Å². The van der Waals surface area contributed by atoms with E-state index >= 15 is 0 Å². The number of aliphatic hydroxyl groups is 1. The van der Waals surface area contributed by atoms with Crippen molar-refractivity contribution in [1.29, 1.82) is 0 Å². The van der Waals surface area contributed by atoms with Gasteiger partial charge in [0, 0.05) is 23.6 Å². The summed E-state index contributed by atoms with van der Waals surface area (Å²) in [6.07, 6.45) is 6.21. The predicted molar refractivity (Wildman–Crippen MR) is 78.5 cm³/mol. The van der Waals surface area contributed by atoms with Crippen LogP contribution in [-0.4, -0.2) is 29.2 Å². The van der Waals surface area contributed by atoms with Crippen molar-refractivity contribution in [1.82, 2.24) is 4.90 Å². The van der Waals surface area contributed by atoms with E-state index in [0.29, 0.717) is 19.1 Å². The third-order valence-corrected chi connectivity index (χ3v) is 4.63. The van der Waals surface area contributed by atoms with Crippen LogP contribution in [0.15, 0.2) is 22.7 Å². The number of hydrogen-bond acceptors (Lipinski definition) is 2. The second-order valence-corrected chi connectivity index (χ2v) is 6.08. The molecule has 1 fully saturated rings. The standard InChI is InChI=1S/C15H21BrFNO/c16-15-7-6-13(17)10-12(15)11-18(8-9-19)14-4-2-1-3-5-14/h6-7,10,14,19H,1-5,8-9,11H2. The molecule has 0 bridgehead atoms. The third-order valence-electron chi connectivity index (χ3n) is 3.86. The van der Waals surface area contributed by atoms with Crippen LogP contribution < -0.4 is 0 Å². The summed E-state index contributed by atoms with van der Waals surface area (Å²) < 4.78 is 14.3. The first kappa shape index (κ1) is 14.9. The molecule has 19 heavy (non-hydrogen) atoms. The molecular formula is C15H21BrFNO. The SMILES string of the molecule is OCCN(Cc1cc(F)ccc1Br)C1CCCCC1. The van der Waals surface area contributed by atoms with Crippen LogP contribution in [-0.2, 0) is 6.54 Å². The van der Waals surface area contributed by atoms with E-state index in [1.54, 1.807) is 12.1 Å². The number of nitrogens with zero attached hydrogens (tertiary/aromatic N) is 1. The summed E-state index contributed by atoms with van der Waals surface area (Å²) in [7, 11) is 0. The number of rotatable bonds is 5. The summed E-state index contributed by atoms with van der Waals surface area (Å²) in [5.74, 6) is -0.203. The van der Waals surface area contributed by atoms with E-state index in [4.69, 9.17) is 0 Å². The van der Waals surface area contributed by atoms with Gasteiger partial charge in [-0.1, -0.05) is 35.2 Å². The van der Waals surface area contributed by atoms with Gasteiger partial charge in [0.25, 0.3) is 0 Å². The maximum absolute atomic E-state index is 13.3. The quantitative estimate of drug-likeness (QED) is 0.890. The fourth-order valence-corrected chi connectivity index (χ4v) is 3.22. The molecule has 1 aliphatic carbocycles. The van der Waals surface area contributed by atoms with Gasteiger partial charge in [-0.15, -0.1) is 0 Å². The van der Waals surface area contributed by atoms with E-state index < -0.39 is 0 Å².